The van der Waals surface area contributed by atoms with Crippen LogP contribution in [-0.2, 0) is 16.4 Å². The lowest BCUT2D eigenvalue weighted by molar-refractivity contribution is 0.496. The van der Waals surface area contributed by atoms with Crippen LogP contribution >= 0.6 is 0 Å². The van der Waals surface area contributed by atoms with E-state index in [1.165, 1.54) is 0 Å². The van der Waals surface area contributed by atoms with E-state index >= 15 is 0 Å². The van der Waals surface area contributed by atoms with Crippen LogP contribution in [0.15, 0.2) is 24.5 Å². The molecule has 0 aromatic carbocycles. The third-order valence-electron chi connectivity index (χ3n) is 3.73. The topological polar surface area (TPSA) is 109 Å². The van der Waals surface area contributed by atoms with E-state index in [0.717, 1.165) is 18.4 Å². The molecule has 0 radical (unpaired) electrons. The summed E-state index contributed by atoms with van der Waals surface area (Å²) in [6, 6.07) is 3.59. The van der Waals surface area contributed by atoms with Gasteiger partial charge in [-0.25, -0.2) is 13.1 Å². The van der Waals surface area contributed by atoms with E-state index in [1.54, 1.807) is 24.5 Å². The number of hydrogen-bond acceptors (Lipinski definition) is 4. The number of nitrogens with zero attached hydrogens (tertiary/aromatic N) is 1. The molecule has 4 N–H and O–H groups in total. The Hall–Kier alpha value is -1.47. The van der Waals surface area contributed by atoms with E-state index in [1.807, 2.05) is 0 Å². The molecule has 0 atom stereocenters. The summed E-state index contributed by atoms with van der Waals surface area (Å²) >= 11 is 0. The molecule has 20 heavy (non-hydrogen) atoms. The number of aromatic nitrogens is 1. The van der Waals surface area contributed by atoms with E-state index in [4.69, 9.17) is 11.1 Å². The van der Waals surface area contributed by atoms with Crippen LogP contribution in [0, 0.1) is 5.41 Å². The van der Waals surface area contributed by atoms with Crippen molar-refractivity contribution in [1.82, 2.24) is 9.71 Å². The highest BCUT2D eigenvalue weighted by Crippen LogP contribution is 2.30. The number of rotatable bonds is 6. The molecule has 6 nitrogen and oxygen atoms in total. The highest BCUT2D eigenvalue weighted by Gasteiger charge is 2.40. The number of pyridine rings is 1. The average Bonchev–Trinajstić information content (AvgIpc) is 2.87. The molecule has 0 aliphatic heterocycles. The largest absolute Gasteiger partial charge is 0.386 e. The SMILES string of the molecule is N=C(N)C1(NS(=O)(=O)CCc2ccncc2)CCCC1. The lowest BCUT2D eigenvalue weighted by atomic mass is 9.98. The van der Waals surface area contributed by atoms with Crippen molar-refractivity contribution in [2.24, 2.45) is 5.73 Å². The van der Waals surface area contributed by atoms with Gasteiger partial charge in [-0.15, -0.1) is 0 Å². The van der Waals surface area contributed by atoms with Crippen molar-refractivity contribution in [3.63, 3.8) is 0 Å². The molecule has 0 unspecified atom stereocenters. The molecular weight excluding hydrogens is 276 g/mol. The minimum atomic E-state index is -3.46. The molecule has 1 saturated carbocycles. The number of hydrogen-bond donors (Lipinski definition) is 3. The fourth-order valence-corrected chi connectivity index (χ4v) is 4.07. The van der Waals surface area contributed by atoms with E-state index in [-0.39, 0.29) is 11.6 Å². The Morgan fingerprint density at radius 3 is 2.50 bits per heavy atom. The van der Waals surface area contributed by atoms with Crippen LogP contribution in [0.5, 0.6) is 0 Å². The van der Waals surface area contributed by atoms with Crippen LogP contribution in [0.2, 0.25) is 0 Å². The maximum atomic E-state index is 12.2. The van der Waals surface area contributed by atoms with Gasteiger partial charge in [-0.05, 0) is 37.0 Å². The Bertz CT molecular complexity index is 565. The Balaban J connectivity index is 2.02. The predicted octanol–water partition coefficient (Wildman–Crippen LogP) is 0.792. The highest BCUT2D eigenvalue weighted by atomic mass is 32.2. The number of sulfonamides is 1. The smallest absolute Gasteiger partial charge is 0.212 e. The second-order valence-corrected chi connectivity index (χ2v) is 7.07. The molecule has 1 aromatic heterocycles. The zero-order valence-corrected chi connectivity index (χ0v) is 12.1. The lowest BCUT2D eigenvalue weighted by Gasteiger charge is -2.28. The first-order chi connectivity index (χ1) is 9.44. The monoisotopic (exact) mass is 296 g/mol. The van der Waals surface area contributed by atoms with Gasteiger partial charge in [0.1, 0.15) is 5.84 Å². The molecule has 0 spiro atoms. The second kappa shape index (κ2) is 5.88. The molecule has 7 heteroatoms. The highest BCUT2D eigenvalue weighted by molar-refractivity contribution is 7.89. The van der Waals surface area contributed by atoms with Crippen molar-refractivity contribution in [1.29, 1.82) is 5.41 Å². The standard InChI is InChI=1S/C13H20N4O2S/c14-12(15)13(6-1-2-7-13)17-20(18,19)10-5-11-3-8-16-9-4-11/h3-4,8-9,17H,1-2,5-7,10H2,(H3,14,15). The third kappa shape index (κ3) is 3.55. The summed E-state index contributed by atoms with van der Waals surface area (Å²) in [6.45, 7) is 0. The third-order valence-corrected chi connectivity index (χ3v) is 5.18. The van der Waals surface area contributed by atoms with Crippen LogP contribution in [0.4, 0.5) is 0 Å². The van der Waals surface area contributed by atoms with Crippen molar-refractivity contribution in [3.8, 4) is 0 Å². The molecule has 1 aromatic rings. The van der Waals surface area contributed by atoms with Gasteiger partial charge in [0, 0.05) is 12.4 Å². The molecule has 0 saturated heterocycles. The summed E-state index contributed by atoms with van der Waals surface area (Å²) in [5.74, 6) is -0.0889. The lowest BCUT2D eigenvalue weighted by Crippen LogP contribution is -2.55. The molecule has 110 valence electrons. The van der Waals surface area contributed by atoms with E-state index in [0.29, 0.717) is 19.3 Å². The van der Waals surface area contributed by atoms with Gasteiger partial charge in [0.05, 0.1) is 11.3 Å². The first kappa shape index (κ1) is 14.9. The molecule has 1 aliphatic rings. The molecular formula is C13H20N4O2S. The zero-order chi connectivity index (χ0) is 14.6. The molecule has 1 heterocycles. The second-order valence-electron chi connectivity index (χ2n) is 5.23. The summed E-state index contributed by atoms with van der Waals surface area (Å²) in [6.07, 6.45) is 6.71. The molecule has 2 rings (SSSR count). The Morgan fingerprint density at radius 2 is 1.95 bits per heavy atom. The van der Waals surface area contributed by atoms with Gasteiger partial charge in [-0.1, -0.05) is 12.8 Å². The predicted molar refractivity (Wildman–Crippen MR) is 78.0 cm³/mol. The van der Waals surface area contributed by atoms with Gasteiger partial charge in [-0.2, -0.15) is 0 Å². The quantitative estimate of drug-likeness (QED) is 0.532. The fraction of sp³-hybridized carbons (Fsp3) is 0.538. The van der Waals surface area contributed by atoms with E-state index in [2.05, 4.69) is 9.71 Å². The summed E-state index contributed by atoms with van der Waals surface area (Å²) in [5.41, 5.74) is 5.66. The molecule has 1 fully saturated rings. The minimum absolute atomic E-state index is 0.00789. The van der Waals surface area contributed by atoms with Crippen LogP contribution in [0.25, 0.3) is 0 Å². The van der Waals surface area contributed by atoms with Crippen LogP contribution in [0.1, 0.15) is 31.2 Å². The summed E-state index contributed by atoms with van der Waals surface area (Å²) in [5, 5.41) is 7.66. The Morgan fingerprint density at radius 1 is 1.35 bits per heavy atom. The molecule has 1 aliphatic carbocycles. The van der Waals surface area contributed by atoms with E-state index < -0.39 is 15.6 Å². The Kier molecular flexibility index (Phi) is 4.39. The van der Waals surface area contributed by atoms with Gasteiger partial charge in [-0.3, -0.25) is 10.4 Å². The van der Waals surface area contributed by atoms with Gasteiger partial charge < -0.3 is 5.73 Å². The minimum Gasteiger partial charge on any atom is -0.386 e. The molecule has 0 bridgehead atoms. The summed E-state index contributed by atoms with van der Waals surface area (Å²) in [4.78, 5) is 3.90. The summed E-state index contributed by atoms with van der Waals surface area (Å²) in [7, 11) is -3.46. The van der Waals surface area contributed by atoms with Crippen LogP contribution in [-0.4, -0.2) is 30.5 Å². The van der Waals surface area contributed by atoms with E-state index in [9.17, 15) is 8.42 Å². The van der Waals surface area contributed by atoms with Gasteiger partial charge in [0.25, 0.3) is 0 Å². The van der Waals surface area contributed by atoms with Crippen molar-refractivity contribution < 1.29 is 8.42 Å². The number of nitrogens with one attached hydrogen (secondary N) is 2. The summed E-state index contributed by atoms with van der Waals surface area (Å²) < 4.78 is 27.0. The number of nitrogens with two attached hydrogens (primary N) is 1. The maximum absolute atomic E-state index is 12.2. The number of aryl methyl sites for hydroxylation is 1. The van der Waals surface area contributed by atoms with Crippen molar-refractivity contribution >= 4 is 15.9 Å². The Labute approximate surface area is 119 Å². The van der Waals surface area contributed by atoms with Crippen molar-refractivity contribution in [2.45, 2.75) is 37.6 Å². The first-order valence-corrected chi connectivity index (χ1v) is 8.34. The van der Waals surface area contributed by atoms with Crippen LogP contribution in [0.3, 0.4) is 0 Å². The van der Waals surface area contributed by atoms with Gasteiger partial charge >= 0.3 is 0 Å². The van der Waals surface area contributed by atoms with Crippen molar-refractivity contribution in [3.05, 3.63) is 30.1 Å². The average molecular weight is 296 g/mol. The van der Waals surface area contributed by atoms with Crippen molar-refractivity contribution in [2.75, 3.05) is 5.75 Å². The maximum Gasteiger partial charge on any atom is 0.212 e. The molecule has 0 amide bonds. The van der Waals surface area contributed by atoms with Crippen LogP contribution < -0.4 is 10.5 Å². The normalized spacial score (nSPS) is 18.0. The number of amidine groups is 1. The fourth-order valence-electron chi connectivity index (χ4n) is 2.56. The first-order valence-electron chi connectivity index (χ1n) is 6.69. The van der Waals surface area contributed by atoms with Gasteiger partial charge in [0.15, 0.2) is 0 Å². The van der Waals surface area contributed by atoms with Gasteiger partial charge in [0.2, 0.25) is 10.0 Å². The zero-order valence-electron chi connectivity index (χ0n) is 11.3.